The van der Waals surface area contributed by atoms with Crippen LogP contribution in [0, 0.1) is 12.8 Å². The van der Waals surface area contributed by atoms with Crippen molar-refractivity contribution in [2.45, 2.75) is 13.8 Å². The van der Waals surface area contributed by atoms with Crippen molar-refractivity contribution in [3.63, 3.8) is 0 Å². The van der Waals surface area contributed by atoms with Gasteiger partial charge in [-0.25, -0.2) is 0 Å². The summed E-state index contributed by atoms with van der Waals surface area (Å²) in [6.45, 7) is 4.24. The zero-order valence-corrected chi connectivity index (χ0v) is 11.3. The normalized spacial score (nSPS) is 12.2. The number of carbonyl (C=O) groups is 1. The zero-order chi connectivity index (χ0) is 12.3. The van der Waals surface area contributed by atoms with E-state index >= 15 is 0 Å². The van der Waals surface area contributed by atoms with E-state index in [4.69, 9.17) is 5.11 Å². The van der Waals surface area contributed by atoms with Crippen LogP contribution in [0.2, 0.25) is 0 Å². The fourth-order valence-electron chi connectivity index (χ4n) is 1.41. The Labute approximate surface area is 104 Å². The Morgan fingerprint density at radius 3 is 2.69 bits per heavy atom. The van der Waals surface area contributed by atoms with Gasteiger partial charge in [0.1, 0.15) is 0 Å². The summed E-state index contributed by atoms with van der Waals surface area (Å²) in [7, 11) is 1.90. The molecule has 88 valence electrons. The van der Waals surface area contributed by atoms with Crippen molar-refractivity contribution in [2.75, 3.05) is 18.5 Å². The van der Waals surface area contributed by atoms with Gasteiger partial charge >= 0.3 is 5.97 Å². The van der Waals surface area contributed by atoms with E-state index < -0.39 is 5.97 Å². The molecule has 0 heterocycles. The molecule has 0 aliphatic rings. The van der Waals surface area contributed by atoms with Gasteiger partial charge in [-0.05, 0) is 24.6 Å². The summed E-state index contributed by atoms with van der Waals surface area (Å²) in [4.78, 5) is 12.7. The van der Waals surface area contributed by atoms with Crippen LogP contribution >= 0.6 is 15.9 Å². The molecule has 1 atom stereocenters. The first-order valence-corrected chi connectivity index (χ1v) is 5.91. The largest absolute Gasteiger partial charge is 0.481 e. The van der Waals surface area contributed by atoms with E-state index in [1.54, 1.807) is 6.92 Å². The van der Waals surface area contributed by atoms with Crippen LogP contribution < -0.4 is 4.90 Å². The molecule has 0 aromatic heterocycles. The Kier molecular flexibility index (Phi) is 4.35. The molecule has 0 bridgehead atoms. The van der Waals surface area contributed by atoms with Crippen molar-refractivity contribution in [3.8, 4) is 0 Å². The lowest BCUT2D eigenvalue weighted by Crippen LogP contribution is -2.28. The van der Waals surface area contributed by atoms with Crippen molar-refractivity contribution in [3.05, 3.63) is 28.2 Å². The highest BCUT2D eigenvalue weighted by atomic mass is 79.9. The van der Waals surface area contributed by atoms with E-state index in [2.05, 4.69) is 15.9 Å². The highest BCUT2D eigenvalue weighted by molar-refractivity contribution is 9.10. The summed E-state index contributed by atoms with van der Waals surface area (Å²) < 4.78 is 1.04. The molecule has 0 saturated heterocycles. The van der Waals surface area contributed by atoms with Gasteiger partial charge in [0.05, 0.1) is 5.92 Å². The molecule has 16 heavy (non-hydrogen) atoms. The van der Waals surface area contributed by atoms with Crippen molar-refractivity contribution in [1.82, 2.24) is 0 Å². The minimum atomic E-state index is -0.766. The van der Waals surface area contributed by atoms with E-state index in [0.717, 1.165) is 10.2 Å². The Morgan fingerprint density at radius 2 is 2.19 bits per heavy atom. The SMILES string of the molecule is Cc1ccc(N(C)CC(C)C(=O)O)cc1Br. The third kappa shape index (κ3) is 3.23. The van der Waals surface area contributed by atoms with Crippen molar-refractivity contribution in [1.29, 1.82) is 0 Å². The van der Waals surface area contributed by atoms with Crippen LogP contribution in [0.3, 0.4) is 0 Å². The fourth-order valence-corrected chi connectivity index (χ4v) is 1.78. The molecule has 1 aromatic carbocycles. The number of anilines is 1. The maximum atomic E-state index is 10.8. The van der Waals surface area contributed by atoms with Gasteiger partial charge in [-0.2, -0.15) is 0 Å². The molecular weight excluding hydrogens is 270 g/mol. The lowest BCUT2D eigenvalue weighted by atomic mass is 10.1. The molecule has 0 aliphatic heterocycles. The average molecular weight is 286 g/mol. The van der Waals surface area contributed by atoms with Crippen LogP contribution in [0.5, 0.6) is 0 Å². The lowest BCUT2D eigenvalue weighted by molar-refractivity contribution is -0.140. The van der Waals surface area contributed by atoms with Crippen LogP contribution in [-0.4, -0.2) is 24.7 Å². The molecular formula is C12H16BrNO2. The molecule has 1 rings (SSSR count). The molecule has 4 heteroatoms. The molecule has 1 unspecified atom stereocenters. The number of rotatable bonds is 4. The van der Waals surface area contributed by atoms with Gasteiger partial charge in [0, 0.05) is 23.8 Å². The molecule has 0 fully saturated rings. The highest BCUT2D eigenvalue weighted by Gasteiger charge is 2.14. The van der Waals surface area contributed by atoms with Crippen molar-refractivity contribution in [2.24, 2.45) is 5.92 Å². The molecule has 0 radical (unpaired) electrons. The van der Waals surface area contributed by atoms with Gasteiger partial charge < -0.3 is 10.0 Å². The minimum absolute atomic E-state index is 0.370. The lowest BCUT2D eigenvalue weighted by Gasteiger charge is -2.22. The van der Waals surface area contributed by atoms with Crippen molar-refractivity contribution < 1.29 is 9.90 Å². The maximum Gasteiger partial charge on any atom is 0.308 e. The Morgan fingerprint density at radius 1 is 1.56 bits per heavy atom. The first kappa shape index (κ1) is 13.0. The zero-order valence-electron chi connectivity index (χ0n) is 9.70. The summed E-state index contributed by atoms with van der Waals surface area (Å²) in [6, 6.07) is 6.01. The van der Waals surface area contributed by atoms with E-state index in [0.29, 0.717) is 6.54 Å². The van der Waals surface area contributed by atoms with Crippen LogP contribution in [0.4, 0.5) is 5.69 Å². The smallest absolute Gasteiger partial charge is 0.308 e. The molecule has 0 amide bonds. The molecule has 0 spiro atoms. The fraction of sp³-hybridized carbons (Fsp3) is 0.417. The number of hydrogen-bond acceptors (Lipinski definition) is 2. The Balaban J connectivity index is 2.76. The number of aliphatic carboxylic acids is 1. The standard InChI is InChI=1S/C12H16BrNO2/c1-8-4-5-10(6-11(8)13)14(3)7-9(2)12(15)16/h4-6,9H,7H2,1-3H3,(H,15,16). The van der Waals surface area contributed by atoms with Gasteiger partial charge in [-0.3, -0.25) is 4.79 Å². The summed E-state index contributed by atoms with van der Waals surface area (Å²) >= 11 is 3.47. The predicted molar refractivity (Wildman–Crippen MR) is 68.9 cm³/mol. The minimum Gasteiger partial charge on any atom is -0.481 e. The summed E-state index contributed by atoms with van der Waals surface area (Å²) in [6.07, 6.45) is 0. The van der Waals surface area contributed by atoms with Crippen LogP contribution in [-0.2, 0) is 4.79 Å². The molecule has 0 aliphatic carbocycles. The number of nitrogens with zero attached hydrogens (tertiary/aromatic N) is 1. The number of carboxylic acid groups (broad SMARTS) is 1. The number of benzene rings is 1. The first-order valence-electron chi connectivity index (χ1n) is 5.12. The average Bonchev–Trinajstić information content (AvgIpc) is 2.21. The monoisotopic (exact) mass is 285 g/mol. The summed E-state index contributed by atoms with van der Waals surface area (Å²) in [5.74, 6) is -1.14. The van der Waals surface area contributed by atoms with E-state index in [-0.39, 0.29) is 5.92 Å². The second kappa shape index (κ2) is 5.34. The van der Waals surface area contributed by atoms with E-state index in [1.807, 2.05) is 37.1 Å². The Hall–Kier alpha value is -1.03. The third-order valence-electron chi connectivity index (χ3n) is 2.57. The number of carboxylic acids is 1. The highest BCUT2D eigenvalue weighted by Crippen LogP contribution is 2.23. The van der Waals surface area contributed by atoms with E-state index in [9.17, 15) is 4.79 Å². The molecule has 1 aromatic rings. The van der Waals surface area contributed by atoms with E-state index in [1.165, 1.54) is 5.56 Å². The second-order valence-electron chi connectivity index (χ2n) is 4.05. The maximum absolute atomic E-state index is 10.8. The first-order chi connectivity index (χ1) is 7.41. The quantitative estimate of drug-likeness (QED) is 0.925. The number of aryl methyl sites for hydroxylation is 1. The summed E-state index contributed by atoms with van der Waals surface area (Å²) in [5.41, 5.74) is 2.19. The van der Waals surface area contributed by atoms with Gasteiger partial charge in [-0.15, -0.1) is 0 Å². The topological polar surface area (TPSA) is 40.5 Å². The second-order valence-corrected chi connectivity index (χ2v) is 4.91. The third-order valence-corrected chi connectivity index (χ3v) is 3.42. The van der Waals surface area contributed by atoms with Crippen LogP contribution in [0.1, 0.15) is 12.5 Å². The van der Waals surface area contributed by atoms with Crippen LogP contribution in [0.15, 0.2) is 22.7 Å². The molecule has 0 saturated carbocycles. The van der Waals surface area contributed by atoms with Gasteiger partial charge in [0.15, 0.2) is 0 Å². The number of halogens is 1. The summed E-state index contributed by atoms with van der Waals surface area (Å²) in [5, 5.41) is 8.84. The molecule has 1 N–H and O–H groups in total. The number of hydrogen-bond donors (Lipinski definition) is 1. The van der Waals surface area contributed by atoms with Crippen LogP contribution in [0.25, 0.3) is 0 Å². The predicted octanol–water partition coefficient (Wildman–Crippen LogP) is 2.91. The Bertz CT molecular complexity index is 393. The molecule has 3 nitrogen and oxygen atoms in total. The van der Waals surface area contributed by atoms with Gasteiger partial charge in [0.25, 0.3) is 0 Å². The van der Waals surface area contributed by atoms with Gasteiger partial charge in [0.2, 0.25) is 0 Å². The van der Waals surface area contributed by atoms with Crippen molar-refractivity contribution >= 4 is 27.6 Å². The van der Waals surface area contributed by atoms with Gasteiger partial charge in [-0.1, -0.05) is 28.9 Å².